The van der Waals surface area contributed by atoms with Gasteiger partial charge in [0, 0.05) is 13.7 Å². The average Bonchev–Trinajstić information content (AvgIpc) is 1.77. The van der Waals surface area contributed by atoms with Gasteiger partial charge in [-0.05, 0) is 18.8 Å². The predicted octanol–water partition coefficient (Wildman–Crippen LogP) is -0.125. The van der Waals surface area contributed by atoms with E-state index >= 15 is 0 Å². The predicted molar refractivity (Wildman–Crippen MR) is 35.7 cm³/mol. The molecule has 0 amide bonds. The molecule has 0 aliphatic heterocycles. The lowest BCUT2D eigenvalue weighted by Gasteiger charge is -2.33. The van der Waals surface area contributed by atoms with E-state index in [-0.39, 0.29) is 0 Å². The van der Waals surface area contributed by atoms with E-state index in [1.807, 2.05) is 0 Å². The van der Waals surface area contributed by atoms with E-state index in [1.165, 1.54) is 12.8 Å². The van der Waals surface area contributed by atoms with E-state index in [2.05, 4.69) is 5.43 Å². The molecule has 3 N–H and O–H groups in total. The Labute approximate surface area is 55.5 Å². The van der Waals surface area contributed by atoms with Gasteiger partial charge >= 0.3 is 0 Å². The molecule has 0 saturated heterocycles. The Bertz CT molecular complexity index is 81.1. The lowest BCUT2D eigenvalue weighted by atomic mass is 9.82. The van der Waals surface area contributed by atoms with Crippen LogP contribution in [0.1, 0.15) is 12.8 Å². The second-order valence-corrected chi connectivity index (χ2v) is 2.60. The van der Waals surface area contributed by atoms with Crippen molar-refractivity contribution in [2.45, 2.75) is 18.9 Å². The van der Waals surface area contributed by atoms with Crippen LogP contribution < -0.4 is 11.3 Å². The first-order valence-electron chi connectivity index (χ1n) is 3.33. The highest BCUT2D eigenvalue weighted by Crippen LogP contribution is 2.28. The Hall–Kier alpha value is -0.120. The van der Waals surface area contributed by atoms with Crippen LogP contribution in [0, 0.1) is 5.92 Å². The third kappa shape index (κ3) is 1.64. The summed E-state index contributed by atoms with van der Waals surface area (Å²) in [7, 11) is 1.76. The van der Waals surface area contributed by atoms with Crippen molar-refractivity contribution < 1.29 is 4.74 Å². The zero-order valence-electron chi connectivity index (χ0n) is 5.76. The second-order valence-electron chi connectivity index (χ2n) is 2.60. The van der Waals surface area contributed by atoms with E-state index in [0.29, 0.717) is 6.10 Å². The molecule has 0 unspecified atom stereocenters. The normalized spacial score (nSPS) is 34.0. The van der Waals surface area contributed by atoms with Crippen LogP contribution in [0.15, 0.2) is 0 Å². The van der Waals surface area contributed by atoms with E-state index in [0.717, 1.165) is 12.5 Å². The average molecular weight is 130 g/mol. The molecular weight excluding hydrogens is 116 g/mol. The second kappa shape index (κ2) is 3.15. The first-order chi connectivity index (χ1) is 4.36. The molecule has 0 radical (unpaired) electrons. The van der Waals surface area contributed by atoms with Crippen molar-refractivity contribution >= 4 is 0 Å². The summed E-state index contributed by atoms with van der Waals surface area (Å²) in [6.07, 6.45) is 2.84. The van der Waals surface area contributed by atoms with Gasteiger partial charge in [-0.2, -0.15) is 0 Å². The minimum Gasteiger partial charge on any atom is -0.381 e. The van der Waals surface area contributed by atoms with Crippen molar-refractivity contribution in [3.8, 4) is 0 Å². The largest absolute Gasteiger partial charge is 0.381 e. The maximum Gasteiger partial charge on any atom is 0.0577 e. The highest BCUT2D eigenvalue weighted by Gasteiger charge is 2.27. The molecule has 3 nitrogen and oxygen atoms in total. The van der Waals surface area contributed by atoms with Gasteiger partial charge in [0.1, 0.15) is 0 Å². The van der Waals surface area contributed by atoms with Gasteiger partial charge in [0.25, 0.3) is 0 Å². The van der Waals surface area contributed by atoms with Gasteiger partial charge in [-0.3, -0.25) is 11.3 Å². The summed E-state index contributed by atoms with van der Waals surface area (Å²) in [5.74, 6) is 5.88. The first-order valence-corrected chi connectivity index (χ1v) is 3.33. The van der Waals surface area contributed by atoms with Gasteiger partial charge < -0.3 is 4.74 Å². The molecule has 0 heterocycles. The topological polar surface area (TPSA) is 47.3 Å². The summed E-state index contributed by atoms with van der Waals surface area (Å²) in [6.45, 7) is 0.930. The van der Waals surface area contributed by atoms with Crippen LogP contribution in [-0.4, -0.2) is 19.8 Å². The fourth-order valence-electron chi connectivity index (χ4n) is 1.20. The number of methoxy groups -OCH3 is 1. The molecule has 1 rings (SSSR count). The molecule has 0 bridgehead atoms. The Balaban J connectivity index is 1.98. The molecule has 0 aromatic heterocycles. The molecule has 0 spiro atoms. The Morgan fingerprint density at radius 2 is 2.33 bits per heavy atom. The SMILES string of the molecule is COC1CC(CNN)C1. The summed E-state index contributed by atoms with van der Waals surface area (Å²) in [5.41, 5.74) is 2.66. The molecule has 0 aromatic rings. The minimum absolute atomic E-state index is 0.503. The quantitative estimate of drug-likeness (QED) is 0.413. The van der Waals surface area contributed by atoms with Gasteiger partial charge in [0.2, 0.25) is 0 Å². The maximum atomic E-state index is 5.13. The number of nitrogens with two attached hydrogens (primary N) is 1. The molecule has 3 heteroatoms. The fraction of sp³-hybridized carbons (Fsp3) is 1.00. The molecule has 0 atom stereocenters. The third-order valence-corrected chi connectivity index (χ3v) is 1.93. The molecule has 0 aromatic carbocycles. The standard InChI is InChI=1S/C6H14N2O/c1-9-6-2-5(3-6)4-8-7/h5-6,8H,2-4,7H2,1H3. The molecular formula is C6H14N2O. The van der Waals surface area contributed by atoms with E-state index in [4.69, 9.17) is 10.6 Å². The van der Waals surface area contributed by atoms with Gasteiger partial charge in [-0.25, -0.2) is 0 Å². The summed E-state index contributed by atoms with van der Waals surface area (Å²) in [5, 5.41) is 0. The summed E-state index contributed by atoms with van der Waals surface area (Å²) in [4.78, 5) is 0. The van der Waals surface area contributed by atoms with Crippen molar-refractivity contribution in [1.29, 1.82) is 0 Å². The van der Waals surface area contributed by atoms with Crippen molar-refractivity contribution in [3.05, 3.63) is 0 Å². The smallest absolute Gasteiger partial charge is 0.0577 e. The number of hydrogen-bond donors (Lipinski definition) is 2. The third-order valence-electron chi connectivity index (χ3n) is 1.93. The van der Waals surface area contributed by atoms with Gasteiger partial charge in [0.05, 0.1) is 6.10 Å². The molecule has 54 valence electrons. The Kier molecular flexibility index (Phi) is 2.45. The monoisotopic (exact) mass is 130 g/mol. The molecule has 1 aliphatic carbocycles. The summed E-state index contributed by atoms with van der Waals surface area (Å²) >= 11 is 0. The lowest BCUT2D eigenvalue weighted by molar-refractivity contribution is 0.00168. The molecule has 9 heavy (non-hydrogen) atoms. The zero-order chi connectivity index (χ0) is 6.69. The maximum absolute atomic E-state index is 5.13. The van der Waals surface area contributed by atoms with Gasteiger partial charge in [0.15, 0.2) is 0 Å². The van der Waals surface area contributed by atoms with E-state index < -0.39 is 0 Å². The Morgan fingerprint density at radius 3 is 2.78 bits per heavy atom. The number of rotatable bonds is 3. The van der Waals surface area contributed by atoms with Crippen molar-refractivity contribution in [3.63, 3.8) is 0 Å². The number of nitrogens with one attached hydrogen (secondary N) is 1. The van der Waals surface area contributed by atoms with Crippen molar-refractivity contribution in [2.24, 2.45) is 11.8 Å². The van der Waals surface area contributed by atoms with E-state index in [1.54, 1.807) is 7.11 Å². The fourth-order valence-corrected chi connectivity index (χ4v) is 1.20. The molecule has 1 aliphatic rings. The van der Waals surface area contributed by atoms with Gasteiger partial charge in [-0.1, -0.05) is 0 Å². The number of hydrogen-bond acceptors (Lipinski definition) is 3. The zero-order valence-corrected chi connectivity index (χ0v) is 5.76. The Morgan fingerprint density at radius 1 is 1.67 bits per heavy atom. The first kappa shape index (κ1) is 6.99. The van der Waals surface area contributed by atoms with Crippen LogP contribution in [0.4, 0.5) is 0 Å². The lowest BCUT2D eigenvalue weighted by Crippen LogP contribution is -2.39. The van der Waals surface area contributed by atoms with Crippen LogP contribution in [0.5, 0.6) is 0 Å². The highest BCUT2D eigenvalue weighted by atomic mass is 16.5. The molecule has 1 fully saturated rings. The summed E-state index contributed by atoms with van der Waals surface area (Å²) < 4.78 is 5.09. The van der Waals surface area contributed by atoms with Crippen molar-refractivity contribution in [2.75, 3.05) is 13.7 Å². The highest BCUT2D eigenvalue weighted by molar-refractivity contribution is 4.80. The number of ether oxygens (including phenoxy) is 1. The minimum atomic E-state index is 0.503. The van der Waals surface area contributed by atoms with Crippen LogP contribution in [0.2, 0.25) is 0 Å². The van der Waals surface area contributed by atoms with Crippen molar-refractivity contribution in [1.82, 2.24) is 5.43 Å². The number of hydrazine groups is 1. The molecule has 1 saturated carbocycles. The van der Waals surface area contributed by atoms with Crippen LogP contribution in [-0.2, 0) is 4.74 Å². The van der Waals surface area contributed by atoms with Crippen LogP contribution in [0.3, 0.4) is 0 Å². The van der Waals surface area contributed by atoms with Crippen LogP contribution >= 0.6 is 0 Å². The van der Waals surface area contributed by atoms with Gasteiger partial charge in [-0.15, -0.1) is 0 Å². The van der Waals surface area contributed by atoms with E-state index in [9.17, 15) is 0 Å². The van der Waals surface area contributed by atoms with Crippen LogP contribution in [0.25, 0.3) is 0 Å². The summed E-state index contributed by atoms with van der Waals surface area (Å²) in [6, 6.07) is 0.